The second-order valence-electron chi connectivity index (χ2n) is 5.15. The highest BCUT2D eigenvalue weighted by Crippen LogP contribution is 2.34. The highest BCUT2D eigenvalue weighted by Gasteiger charge is 2.19. The van der Waals surface area contributed by atoms with Crippen LogP contribution in [0.4, 0.5) is 10.1 Å². The summed E-state index contributed by atoms with van der Waals surface area (Å²) in [4.78, 5) is 10.5. The molecular formula is C17H19FN2O4. The average molecular weight is 334 g/mol. The zero-order chi connectivity index (χ0) is 17.5. The number of benzene rings is 2. The molecule has 0 amide bonds. The first kappa shape index (κ1) is 17.7. The second kappa shape index (κ2) is 8.26. The monoisotopic (exact) mass is 334 g/mol. The molecule has 0 aliphatic heterocycles. The molecule has 2 aromatic rings. The van der Waals surface area contributed by atoms with Gasteiger partial charge < -0.3 is 14.8 Å². The maximum Gasteiger partial charge on any atom is 0.314 e. The van der Waals surface area contributed by atoms with E-state index in [0.717, 1.165) is 11.1 Å². The summed E-state index contributed by atoms with van der Waals surface area (Å²) in [6, 6.07) is 9.35. The third-order valence-corrected chi connectivity index (χ3v) is 3.57. The Morgan fingerprint density at radius 1 is 1.17 bits per heavy atom. The quantitative estimate of drug-likeness (QED) is 0.456. The maximum absolute atomic E-state index is 13.1. The fourth-order valence-corrected chi connectivity index (χ4v) is 2.39. The van der Waals surface area contributed by atoms with Crippen molar-refractivity contribution in [2.45, 2.75) is 13.0 Å². The third kappa shape index (κ3) is 4.42. The van der Waals surface area contributed by atoms with Crippen molar-refractivity contribution in [1.29, 1.82) is 0 Å². The number of halogens is 1. The van der Waals surface area contributed by atoms with Crippen molar-refractivity contribution in [3.8, 4) is 11.5 Å². The number of nitrogens with zero attached hydrogens (tertiary/aromatic N) is 1. The fourth-order valence-electron chi connectivity index (χ4n) is 2.39. The summed E-state index contributed by atoms with van der Waals surface area (Å²) in [7, 11) is 2.86. The molecule has 0 fully saturated rings. The number of hydrogen-bond donors (Lipinski definition) is 1. The standard InChI is InChI=1S/C17H19FN2O4/c1-23-16-10-15(20(21)22)17(24-2)9-13(16)6-7-19-11-12-4-3-5-14(18)8-12/h3-5,8-10,19H,6-7,11H2,1-2H3. The third-order valence-electron chi connectivity index (χ3n) is 3.57. The molecule has 0 spiro atoms. The van der Waals surface area contributed by atoms with Gasteiger partial charge in [-0.15, -0.1) is 0 Å². The zero-order valence-corrected chi connectivity index (χ0v) is 13.5. The van der Waals surface area contributed by atoms with Crippen LogP contribution in [0, 0.1) is 15.9 Å². The smallest absolute Gasteiger partial charge is 0.314 e. The van der Waals surface area contributed by atoms with E-state index in [1.54, 1.807) is 12.1 Å². The van der Waals surface area contributed by atoms with Crippen molar-refractivity contribution in [3.63, 3.8) is 0 Å². The van der Waals surface area contributed by atoms with Crippen LogP contribution in [0.1, 0.15) is 11.1 Å². The van der Waals surface area contributed by atoms with Gasteiger partial charge in [-0.2, -0.15) is 0 Å². The van der Waals surface area contributed by atoms with E-state index >= 15 is 0 Å². The number of hydrogen-bond acceptors (Lipinski definition) is 5. The van der Waals surface area contributed by atoms with Crippen LogP contribution in [-0.2, 0) is 13.0 Å². The van der Waals surface area contributed by atoms with Crippen LogP contribution >= 0.6 is 0 Å². The van der Waals surface area contributed by atoms with Gasteiger partial charge in [0.2, 0.25) is 0 Å². The van der Waals surface area contributed by atoms with Gasteiger partial charge in [0.1, 0.15) is 11.6 Å². The molecular weight excluding hydrogens is 315 g/mol. The van der Waals surface area contributed by atoms with E-state index in [1.165, 1.54) is 32.4 Å². The Hall–Kier alpha value is -2.67. The number of methoxy groups -OCH3 is 2. The largest absolute Gasteiger partial charge is 0.496 e. The summed E-state index contributed by atoms with van der Waals surface area (Å²) >= 11 is 0. The minimum Gasteiger partial charge on any atom is -0.496 e. The molecule has 0 aliphatic rings. The Morgan fingerprint density at radius 2 is 1.92 bits per heavy atom. The molecule has 0 heterocycles. The van der Waals surface area contributed by atoms with Gasteiger partial charge in [-0.05, 0) is 42.3 Å². The number of nitrogens with one attached hydrogen (secondary N) is 1. The second-order valence-corrected chi connectivity index (χ2v) is 5.15. The fraction of sp³-hybridized carbons (Fsp3) is 0.294. The molecule has 24 heavy (non-hydrogen) atoms. The Bertz CT molecular complexity index is 722. The molecule has 0 bridgehead atoms. The number of ether oxygens (including phenoxy) is 2. The summed E-state index contributed by atoms with van der Waals surface area (Å²) < 4.78 is 23.4. The van der Waals surface area contributed by atoms with Crippen molar-refractivity contribution < 1.29 is 18.8 Å². The van der Waals surface area contributed by atoms with Gasteiger partial charge in [0.05, 0.1) is 25.2 Å². The first-order valence-electron chi connectivity index (χ1n) is 7.39. The molecule has 7 heteroatoms. The lowest BCUT2D eigenvalue weighted by Gasteiger charge is -2.11. The van der Waals surface area contributed by atoms with Gasteiger partial charge in [0, 0.05) is 6.54 Å². The molecule has 128 valence electrons. The van der Waals surface area contributed by atoms with Crippen molar-refractivity contribution >= 4 is 5.69 Å². The molecule has 1 N–H and O–H groups in total. The first-order chi connectivity index (χ1) is 11.5. The zero-order valence-electron chi connectivity index (χ0n) is 13.5. The van der Waals surface area contributed by atoms with Gasteiger partial charge >= 0.3 is 5.69 Å². The van der Waals surface area contributed by atoms with Crippen LogP contribution in [0.2, 0.25) is 0 Å². The summed E-state index contributed by atoms with van der Waals surface area (Å²) in [5.74, 6) is 0.368. The van der Waals surface area contributed by atoms with E-state index in [9.17, 15) is 14.5 Å². The Balaban J connectivity index is 2.02. The maximum atomic E-state index is 13.1. The van der Waals surface area contributed by atoms with Gasteiger partial charge in [-0.3, -0.25) is 10.1 Å². The minimum absolute atomic E-state index is 0.134. The lowest BCUT2D eigenvalue weighted by atomic mass is 10.1. The van der Waals surface area contributed by atoms with E-state index in [-0.39, 0.29) is 17.3 Å². The topological polar surface area (TPSA) is 73.6 Å². The van der Waals surface area contributed by atoms with E-state index < -0.39 is 4.92 Å². The van der Waals surface area contributed by atoms with Crippen LogP contribution in [0.15, 0.2) is 36.4 Å². The van der Waals surface area contributed by atoms with Crippen molar-refractivity contribution in [2.24, 2.45) is 0 Å². The number of nitro groups is 1. The number of rotatable bonds is 8. The van der Waals surface area contributed by atoms with Crippen molar-refractivity contribution in [3.05, 3.63) is 63.5 Å². The van der Waals surface area contributed by atoms with E-state index in [4.69, 9.17) is 9.47 Å². The van der Waals surface area contributed by atoms with Gasteiger partial charge in [0.15, 0.2) is 5.75 Å². The first-order valence-corrected chi connectivity index (χ1v) is 7.39. The summed E-state index contributed by atoms with van der Waals surface area (Å²) in [5, 5.41) is 14.2. The van der Waals surface area contributed by atoms with Crippen LogP contribution < -0.4 is 14.8 Å². The Kier molecular flexibility index (Phi) is 6.08. The predicted molar refractivity (Wildman–Crippen MR) is 88.0 cm³/mol. The molecule has 0 saturated heterocycles. The highest BCUT2D eigenvalue weighted by molar-refractivity contribution is 5.55. The molecule has 6 nitrogen and oxygen atoms in total. The van der Waals surface area contributed by atoms with Crippen LogP contribution in [0.3, 0.4) is 0 Å². The normalized spacial score (nSPS) is 10.5. The molecule has 0 aliphatic carbocycles. The molecule has 0 radical (unpaired) electrons. The lowest BCUT2D eigenvalue weighted by molar-refractivity contribution is -0.385. The molecule has 0 unspecified atom stereocenters. The number of nitro benzene ring substituents is 1. The lowest BCUT2D eigenvalue weighted by Crippen LogP contribution is -2.17. The van der Waals surface area contributed by atoms with Crippen molar-refractivity contribution in [1.82, 2.24) is 5.32 Å². The summed E-state index contributed by atoms with van der Waals surface area (Å²) in [6.07, 6.45) is 0.590. The SMILES string of the molecule is COc1cc([N+](=O)[O-])c(OC)cc1CCNCc1cccc(F)c1. The molecule has 0 atom stereocenters. The van der Waals surface area contributed by atoms with Crippen LogP contribution in [-0.4, -0.2) is 25.7 Å². The van der Waals surface area contributed by atoms with Crippen LogP contribution in [0.25, 0.3) is 0 Å². The van der Waals surface area contributed by atoms with Gasteiger partial charge in [-0.25, -0.2) is 4.39 Å². The van der Waals surface area contributed by atoms with E-state index in [0.29, 0.717) is 25.3 Å². The molecule has 2 rings (SSSR count). The predicted octanol–water partition coefficient (Wildman–Crippen LogP) is 3.08. The minimum atomic E-state index is -0.507. The van der Waals surface area contributed by atoms with Gasteiger partial charge in [-0.1, -0.05) is 12.1 Å². The highest BCUT2D eigenvalue weighted by atomic mass is 19.1. The molecule has 2 aromatic carbocycles. The van der Waals surface area contributed by atoms with E-state index in [1.807, 2.05) is 6.07 Å². The van der Waals surface area contributed by atoms with Gasteiger partial charge in [0.25, 0.3) is 0 Å². The summed E-state index contributed by atoms with van der Waals surface area (Å²) in [5.41, 5.74) is 1.51. The summed E-state index contributed by atoms with van der Waals surface area (Å²) in [6.45, 7) is 1.14. The Labute approximate surface area is 139 Å². The Morgan fingerprint density at radius 3 is 2.54 bits per heavy atom. The average Bonchev–Trinajstić information content (AvgIpc) is 2.58. The van der Waals surface area contributed by atoms with E-state index in [2.05, 4.69) is 5.32 Å². The van der Waals surface area contributed by atoms with Crippen LogP contribution in [0.5, 0.6) is 11.5 Å². The molecule has 0 aromatic heterocycles. The van der Waals surface area contributed by atoms with Crippen molar-refractivity contribution in [2.75, 3.05) is 20.8 Å². The molecule has 0 saturated carbocycles.